The van der Waals surface area contributed by atoms with E-state index in [9.17, 15) is 4.79 Å². The van der Waals surface area contributed by atoms with Crippen molar-refractivity contribution in [1.82, 2.24) is 10.2 Å². The third kappa shape index (κ3) is 2.68. The van der Waals surface area contributed by atoms with Crippen molar-refractivity contribution in [2.45, 2.75) is 31.4 Å². The number of carbonyl (C=O) groups is 1. The lowest BCUT2D eigenvalue weighted by atomic mass is 9.89. The number of amides is 1. The Hall–Kier alpha value is -1.10. The van der Waals surface area contributed by atoms with Crippen molar-refractivity contribution in [2.24, 2.45) is 0 Å². The van der Waals surface area contributed by atoms with E-state index in [2.05, 4.69) is 11.4 Å². The highest BCUT2D eigenvalue weighted by atomic mass is 35.5. The molecule has 0 unspecified atom stereocenters. The molecule has 5 heteroatoms. The van der Waals surface area contributed by atoms with Crippen molar-refractivity contribution < 1.29 is 9.53 Å². The number of rotatable bonds is 2. The highest BCUT2D eigenvalue weighted by Crippen LogP contribution is 2.30. The SMILES string of the molecule is COC1(C(=O)N2CCc3c(Cl)cccc3C2)CCNCC1. The minimum atomic E-state index is -0.651. The molecule has 2 aliphatic heterocycles. The molecule has 1 aromatic carbocycles. The van der Waals surface area contributed by atoms with Gasteiger partial charge in [-0.25, -0.2) is 0 Å². The fourth-order valence-corrected chi connectivity index (χ4v) is 3.65. The fraction of sp³-hybridized carbons (Fsp3) is 0.562. The van der Waals surface area contributed by atoms with Crippen LogP contribution in [0.2, 0.25) is 5.02 Å². The molecule has 0 bridgehead atoms. The molecule has 0 radical (unpaired) electrons. The van der Waals surface area contributed by atoms with Crippen LogP contribution in [0.1, 0.15) is 24.0 Å². The van der Waals surface area contributed by atoms with Crippen LogP contribution in [0.25, 0.3) is 0 Å². The molecule has 0 spiro atoms. The summed E-state index contributed by atoms with van der Waals surface area (Å²) in [5.41, 5.74) is 1.68. The summed E-state index contributed by atoms with van der Waals surface area (Å²) in [6.07, 6.45) is 2.29. The Labute approximate surface area is 130 Å². The summed E-state index contributed by atoms with van der Waals surface area (Å²) < 4.78 is 5.65. The normalized spacial score (nSPS) is 21.0. The molecule has 1 saturated heterocycles. The van der Waals surface area contributed by atoms with Crippen LogP contribution in [0, 0.1) is 0 Å². The fourth-order valence-electron chi connectivity index (χ4n) is 3.36. The van der Waals surface area contributed by atoms with Crippen molar-refractivity contribution in [2.75, 3.05) is 26.7 Å². The number of halogens is 1. The lowest BCUT2D eigenvalue weighted by Gasteiger charge is -2.40. The molecule has 114 valence electrons. The minimum absolute atomic E-state index is 0.122. The van der Waals surface area contributed by atoms with E-state index in [1.165, 1.54) is 5.56 Å². The van der Waals surface area contributed by atoms with Crippen LogP contribution in [-0.4, -0.2) is 43.2 Å². The summed E-state index contributed by atoms with van der Waals surface area (Å²) in [4.78, 5) is 14.9. The molecule has 1 fully saturated rings. The third-order valence-electron chi connectivity index (χ3n) is 4.69. The van der Waals surface area contributed by atoms with Crippen LogP contribution in [0.15, 0.2) is 18.2 Å². The van der Waals surface area contributed by atoms with E-state index in [-0.39, 0.29) is 5.91 Å². The molecule has 2 aliphatic rings. The van der Waals surface area contributed by atoms with E-state index < -0.39 is 5.60 Å². The Balaban J connectivity index is 1.80. The molecule has 1 amide bonds. The molecule has 2 heterocycles. The number of methoxy groups -OCH3 is 1. The van der Waals surface area contributed by atoms with E-state index in [4.69, 9.17) is 16.3 Å². The maximum atomic E-state index is 12.9. The standard InChI is InChI=1S/C16H21ClN2O2/c1-21-16(6-8-18-9-7-16)15(20)19-10-5-13-12(11-19)3-2-4-14(13)17/h2-4,18H,5-11H2,1H3. The van der Waals surface area contributed by atoms with E-state index in [1.807, 2.05) is 17.0 Å². The second-order valence-electron chi connectivity index (χ2n) is 5.80. The van der Waals surface area contributed by atoms with Crippen LogP contribution in [0.4, 0.5) is 0 Å². The molecule has 1 N–H and O–H groups in total. The zero-order valence-corrected chi connectivity index (χ0v) is 13.1. The minimum Gasteiger partial charge on any atom is -0.368 e. The van der Waals surface area contributed by atoms with E-state index in [0.29, 0.717) is 13.1 Å². The number of benzene rings is 1. The number of ether oxygens (including phenoxy) is 1. The average molecular weight is 309 g/mol. The van der Waals surface area contributed by atoms with Gasteiger partial charge in [-0.05, 0) is 49.5 Å². The summed E-state index contributed by atoms with van der Waals surface area (Å²) in [6.45, 7) is 3.01. The van der Waals surface area contributed by atoms with Gasteiger partial charge in [-0.1, -0.05) is 23.7 Å². The quantitative estimate of drug-likeness (QED) is 0.908. The zero-order valence-electron chi connectivity index (χ0n) is 12.3. The first kappa shape index (κ1) is 14.8. The van der Waals surface area contributed by atoms with Gasteiger partial charge in [0, 0.05) is 25.2 Å². The Bertz CT molecular complexity index is 541. The Morgan fingerprint density at radius 2 is 2.14 bits per heavy atom. The number of nitrogens with one attached hydrogen (secondary N) is 1. The number of piperidine rings is 1. The molecule has 1 aromatic rings. The number of hydrogen-bond donors (Lipinski definition) is 1. The molecular formula is C16H21ClN2O2. The average Bonchev–Trinajstić information content (AvgIpc) is 2.54. The summed E-state index contributed by atoms with van der Waals surface area (Å²) in [5, 5.41) is 4.09. The maximum Gasteiger partial charge on any atom is 0.255 e. The highest BCUT2D eigenvalue weighted by Gasteiger charge is 2.43. The third-order valence-corrected chi connectivity index (χ3v) is 5.04. The van der Waals surface area contributed by atoms with Crippen molar-refractivity contribution >= 4 is 17.5 Å². The summed E-state index contributed by atoms with van der Waals surface area (Å²) in [6, 6.07) is 5.93. The summed E-state index contributed by atoms with van der Waals surface area (Å²) in [7, 11) is 1.65. The number of fused-ring (bicyclic) bond motifs is 1. The predicted molar refractivity (Wildman–Crippen MR) is 82.4 cm³/mol. The first-order chi connectivity index (χ1) is 10.2. The monoisotopic (exact) mass is 308 g/mol. The van der Waals surface area contributed by atoms with Crippen LogP contribution in [0.5, 0.6) is 0 Å². The van der Waals surface area contributed by atoms with Gasteiger partial charge in [0.15, 0.2) is 0 Å². The van der Waals surface area contributed by atoms with Crippen molar-refractivity contribution in [3.63, 3.8) is 0 Å². The Kier molecular flexibility index (Phi) is 4.20. The second kappa shape index (κ2) is 5.95. The zero-order chi connectivity index (χ0) is 14.9. The lowest BCUT2D eigenvalue weighted by molar-refractivity contribution is -0.159. The first-order valence-corrected chi connectivity index (χ1v) is 7.85. The molecule has 0 aromatic heterocycles. The Morgan fingerprint density at radius 3 is 2.86 bits per heavy atom. The second-order valence-corrected chi connectivity index (χ2v) is 6.21. The van der Waals surface area contributed by atoms with Crippen LogP contribution < -0.4 is 5.32 Å². The Morgan fingerprint density at radius 1 is 1.38 bits per heavy atom. The predicted octanol–water partition coefficient (Wildman–Crippen LogP) is 1.99. The van der Waals surface area contributed by atoms with Crippen LogP contribution in [0.3, 0.4) is 0 Å². The molecule has 21 heavy (non-hydrogen) atoms. The number of hydrogen-bond acceptors (Lipinski definition) is 3. The number of carbonyl (C=O) groups excluding carboxylic acids is 1. The first-order valence-electron chi connectivity index (χ1n) is 7.48. The largest absolute Gasteiger partial charge is 0.368 e. The van der Waals surface area contributed by atoms with Crippen molar-refractivity contribution in [3.8, 4) is 0 Å². The van der Waals surface area contributed by atoms with Crippen LogP contribution in [-0.2, 0) is 22.5 Å². The van der Waals surface area contributed by atoms with Gasteiger partial charge in [-0.3, -0.25) is 4.79 Å². The van der Waals surface area contributed by atoms with E-state index in [0.717, 1.165) is 42.9 Å². The lowest BCUT2D eigenvalue weighted by Crippen LogP contribution is -2.56. The van der Waals surface area contributed by atoms with Gasteiger partial charge in [0.1, 0.15) is 5.60 Å². The molecule has 0 aliphatic carbocycles. The van der Waals surface area contributed by atoms with Crippen LogP contribution >= 0.6 is 11.6 Å². The topological polar surface area (TPSA) is 41.6 Å². The molecular weight excluding hydrogens is 288 g/mol. The molecule has 0 saturated carbocycles. The number of nitrogens with zero attached hydrogens (tertiary/aromatic N) is 1. The van der Waals surface area contributed by atoms with Gasteiger partial charge >= 0.3 is 0 Å². The highest BCUT2D eigenvalue weighted by molar-refractivity contribution is 6.31. The summed E-state index contributed by atoms with van der Waals surface area (Å²) >= 11 is 6.24. The van der Waals surface area contributed by atoms with Gasteiger partial charge in [0.25, 0.3) is 5.91 Å². The maximum absolute atomic E-state index is 12.9. The summed E-state index contributed by atoms with van der Waals surface area (Å²) in [5.74, 6) is 0.122. The molecule has 3 rings (SSSR count). The van der Waals surface area contributed by atoms with Gasteiger partial charge in [-0.15, -0.1) is 0 Å². The molecule has 4 nitrogen and oxygen atoms in total. The molecule has 0 atom stereocenters. The van der Waals surface area contributed by atoms with Crippen molar-refractivity contribution in [3.05, 3.63) is 34.3 Å². The van der Waals surface area contributed by atoms with E-state index in [1.54, 1.807) is 7.11 Å². The van der Waals surface area contributed by atoms with Gasteiger partial charge in [0.2, 0.25) is 0 Å². The van der Waals surface area contributed by atoms with Crippen molar-refractivity contribution in [1.29, 1.82) is 0 Å². The van der Waals surface area contributed by atoms with Gasteiger partial charge < -0.3 is 15.0 Å². The van der Waals surface area contributed by atoms with Gasteiger partial charge in [0.05, 0.1) is 0 Å². The van der Waals surface area contributed by atoms with Gasteiger partial charge in [-0.2, -0.15) is 0 Å². The smallest absolute Gasteiger partial charge is 0.255 e. The van der Waals surface area contributed by atoms with E-state index >= 15 is 0 Å².